The normalized spacial score (nSPS) is 10.1. The number of carboxylic acid groups (broad SMARTS) is 1. The first-order valence-electron chi connectivity index (χ1n) is 8.59. The molecule has 0 saturated heterocycles. The number of carbonyl (C=O) groups is 3. The van der Waals surface area contributed by atoms with Crippen molar-refractivity contribution in [2.24, 2.45) is 0 Å². The average molecular weight is 370 g/mol. The molecule has 7 nitrogen and oxygen atoms in total. The summed E-state index contributed by atoms with van der Waals surface area (Å²) in [5.41, 5.74) is 1.59. The molecule has 142 valence electrons. The van der Waals surface area contributed by atoms with Crippen molar-refractivity contribution in [3.8, 4) is 5.75 Å². The molecule has 2 rings (SSSR count). The van der Waals surface area contributed by atoms with Crippen molar-refractivity contribution in [2.45, 2.75) is 13.3 Å². The second-order valence-electron chi connectivity index (χ2n) is 5.74. The number of nitrogens with one attached hydrogen (secondary N) is 2. The van der Waals surface area contributed by atoms with Gasteiger partial charge in [-0.1, -0.05) is 12.1 Å². The number of hydrogen-bond acceptors (Lipinski definition) is 4. The Kier molecular flexibility index (Phi) is 7.37. The minimum Gasteiger partial charge on any atom is -0.494 e. The molecule has 0 aliphatic heterocycles. The van der Waals surface area contributed by atoms with Crippen LogP contribution in [0.1, 0.15) is 33.2 Å². The van der Waals surface area contributed by atoms with E-state index in [9.17, 15) is 14.4 Å². The standard InChI is InChI=1S/C20H22N2O5/c1-2-27-17-9-7-15(8-10-17)19(24)22-13-18(23)21-12-11-14-3-5-16(6-4-14)20(25)26/h3-10H,2,11-13H2,1H3,(H,21,23)(H,22,24)(H,25,26). The van der Waals surface area contributed by atoms with Crippen molar-refractivity contribution in [3.63, 3.8) is 0 Å². The maximum atomic E-state index is 12.0. The molecule has 27 heavy (non-hydrogen) atoms. The molecule has 0 aliphatic rings. The van der Waals surface area contributed by atoms with Gasteiger partial charge in [-0.25, -0.2) is 4.79 Å². The van der Waals surface area contributed by atoms with E-state index in [-0.39, 0.29) is 23.9 Å². The molecule has 2 amide bonds. The molecule has 0 atom stereocenters. The first kappa shape index (κ1) is 20.0. The van der Waals surface area contributed by atoms with Gasteiger partial charge in [0.25, 0.3) is 5.91 Å². The Balaban J connectivity index is 1.70. The number of aromatic carboxylic acids is 1. The summed E-state index contributed by atoms with van der Waals surface area (Å²) in [6, 6.07) is 13.2. The fraction of sp³-hybridized carbons (Fsp3) is 0.250. The van der Waals surface area contributed by atoms with E-state index in [1.807, 2.05) is 6.92 Å². The number of hydrogen-bond donors (Lipinski definition) is 3. The highest BCUT2D eigenvalue weighted by molar-refractivity contribution is 5.96. The van der Waals surface area contributed by atoms with Gasteiger partial charge < -0.3 is 20.5 Å². The quantitative estimate of drug-likeness (QED) is 0.625. The molecule has 0 fully saturated rings. The maximum Gasteiger partial charge on any atom is 0.335 e. The average Bonchev–Trinajstić information content (AvgIpc) is 2.67. The maximum absolute atomic E-state index is 12.0. The molecule has 0 heterocycles. The lowest BCUT2D eigenvalue weighted by molar-refractivity contribution is -0.120. The molecule has 2 aromatic carbocycles. The highest BCUT2D eigenvalue weighted by Crippen LogP contribution is 2.11. The van der Waals surface area contributed by atoms with Gasteiger partial charge in [0.2, 0.25) is 5.91 Å². The summed E-state index contributed by atoms with van der Waals surface area (Å²) in [5, 5.41) is 14.1. The SMILES string of the molecule is CCOc1ccc(C(=O)NCC(=O)NCCc2ccc(C(=O)O)cc2)cc1. The van der Waals surface area contributed by atoms with Crippen molar-refractivity contribution in [1.82, 2.24) is 10.6 Å². The third-order valence-corrected chi connectivity index (χ3v) is 3.77. The van der Waals surface area contributed by atoms with Crippen LogP contribution in [0.2, 0.25) is 0 Å². The number of rotatable bonds is 9. The lowest BCUT2D eigenvalue weighted by atomic mass is 10.1. The second-order valence-corrected chi connectivity index (χ2v) is 5.74. The summed E-state index contributed by atoms with van der Waals surface area (Å²) in [7, 11) is 0. The molecule has 3 N–H and O–H groups in total. The van der Waals surface area contributed by atoms with Gasteiger partial charge >= 0.3 is 5.97 Å². The molecule has 0 radical (unpaired) electrons. The zero-order valence-corrected chi connectivity index (χ0v) is 15.0. The fourth-order valence-corrected chi connectivity index (χ4v) is 2.35. The molecule has 0 unspecified atom stereocenters. The van der Waals surface area contributed by atoms with E-state index in [1.165, 1.54) is 12.1 Å². The van der Waals surface area contributed by atoms with Gasteiger partial charge in [-0.15, -0.1) is 0 Å². The number of benzene rings is 2. The van der Waals surface area contributed by atoms with Crippen molar-refractivity contribution >= 4 is 17.8 Å². The summed E-state index contributed by atoms with van der Waals surface area (Å²) >= 11 is 0. The van der Waals surface area contributed by atoms with E-state index in [0.29, 0.717) is 30.9 Å². The van der Waals surface area contributed by atoms with Crippen LogP contribution in [0.3, 0.4) is 0 Å². The molecule has 2 aromatic rings. The van der Waals surface area contributed by atoms with E-state index >= 15 is 0 Å². The summed E-state index contributed by atoms with van der Waals surface area (Å²) in [6.07, 6.45) is 0.568. The first-order chi connectivity index (χ1) is 13.0. The Hall–Kier alpha value is -3.35. The van der Waals surface area contributed by atoms with Gasteiger partial charge in [0.15, 0.2) is 0 Å². The minimum atomic E-state index is -0.974. The summed E-state index contributed by atoms with van der Waals surface area (Å²) in [5.74, 6) is -0.921. The van der Waals surface area contributed by atoms with Crippen LogP contribution in [0.25, 0.3) is 0 Å². The largest absolute Gasteiger partial charge is 0.494 e. The molecule has 0 aliphatic carbocycles. The van der Waals surface area contributed by atoms with Crippen LogP contribution in [0.5, 0.6) is 5.75 Å². The number of carboxylic acids is 1. The van der Waals surface area contributed by atoms with Gasteiger partial charge in [0.1, 0.15) is 5.75 Å². The van der Waals surface area contributed by atoms with Crippen molar-refractivity contribution < 1.29 is 24.2 Å². The lowest BCUT2D eigenvalue weighted by Crippen LogP contribution is -2.37. The van der Waals surface area contributed by atoms with E-state index in [2.05, 4.69) is 10.6 Å². The zero-order chi connectivity index (χ0) is 19.6. The van der Waals surface area contributed by atoms with E-state index in [4.69, 9.17) is 9.84 Å². The van der Waals surface area contributed by atoms with Gasteiger partial charge in [-0.3, -0.25) is 9.59 Å². The molecule has 0 spiro atoms. The van der Waals surface area contributed by atoms with E-state index in [0.717, 1.165) is 5.56 Å². The topological polar surface area (TPSA) is 105 Å². The van der Waals surface area contributed by atoms with Crippen molar-refractivity contribution in [1.29, 1.82) is 0 Å². The third kappa shape index (κ3) is 6.47. The Bertz CT molecular complexity index is 785. The molecular weight excluding hydrogens is 348 g/mol. The van der Waals surface area contributed by atoms with Crippen LogP contribution in [0, 0.1) is 0 Å². The fourth-order valence-electron chi connectivity index (χ4n) is 2.35. The van der Waals surface area contributed by atoms with Crippen LogP contribution in [0.15, 0.2) is 48.5 Å². The van der Waals surface area contributed by atoms with Crippen LogP contribution < -0.4 is 15.4 Å². The Morgan fingerprint density at radius 1 is 0.926 bits per heavy atom. The number of carbonyl (C=O) groups excluding carboxylic acids is 2. The summed E-state index contributed by atoms with van der Waals surface area (Å²) in [4.78, 5) is 34.6. The van der Waals surface area contributed by atoms with E-state index in [1.54, 1.807) is 36.4 Å². The molecular formula is C20H22N2O5. The monoisotopic (exact) mass is 370 g/mol. The third-order valence-electron chi connectivity index (χ3n) is 3.77. The second kappa shape index (κ2) is 9.96. The van der Waals surface area contributed by atoms with Gasteiger partial charge in [-0.2, -0.15) is 0 Å². The van der Waals surface area contributed by atoms with Crippen LogP contribution >= 0.6 is 0 Å². The summed E-state index contributed by atoms with van der Waals surface area (Å²) in [6.45, 7) is 2.70. The highest BCUT2D eigenvalue weighted by Gasteiger charge is 2.08. The Labute approximate surface area is 157 Å². The highest BCUT2D eigenvalue weighted by atomic mass is 16.5. The minimum absolute atomic E-state index is 0.121. The summed E-state index contributed by atoms with van der Waals surface area (Å²) < 4.78 is 5.31. The van der Waals surface area contributed by atoms with Gasteiger partial charge in [0.05, 0.1) is 18.7 Å². The molecule has 0 aromatic heterocycles. The predicted octanol–water partition coefficient (Wildman–Crippen LogP) is 1.87. The predicted molar refractivity (Wildman–Crippen MR) is 100 cm³/mol. The molecule has 0 saturated carbocycles. The number of ether oxygens (including phenoxy) is 1. The van der Waals surface area contributed by atoms with Crippen LogP contribution in [0.4, 0.5) is 0 Å². The lowest BCUT2D eigenvalue weighted by Gasteiger charge is -2.08. The smallest absolute Gasteiger partial charge is 0.335 e. The molecule has 0 bridgehead atoms. The Morgan fingerprint density at radius 2 is 1.56 bits per heavy atom. The Morgan fingerprint density at radius 3 is 2.15 bits per heavy atom. The first-order valence-corrected chi connectivity index (χ1v) is 8.59. The van der Waals surface area contributed by atoms with Crippen LogP contribution in [-0.2, 0) is 11.2 Å². The molecule has 7 heteroatoms. The van der Waals surface area contributed by atoms with Crippen molar-refractivity contribution in [3.05, 3.63) is 65.2 Å². The zero-order valence-electron chi connectivity index (χ0n) is 15.0. The van der Waals surface area contributed by atoms with Crippen molar-refractivity contribution in [2.75, 3.05) is 19.7 Å². The van der Waals surface area contributed by atoms with Crippen LogP contribution in [-0.4, -0.2) is 42.6 Å². The van der Waals surface area contributed by atoms with Gasteiger partial charge in [-0.05, 0) is 55.3 Å². The number of amides is 2. The van der Waals surface area contributed by atoms with Gasteiger partial charge in [0, 0.05) is 12.1 Å². The van der Waals surface area contributed by atoms with E-state index < -0.39 is 5.97 Å².